The average Bonchev–Trinajstić information content (AvgIpc) is 2.86. The molecule has 1 atom stereocenters. The lowest BCUT2D eigenvalue weighted by Crippen LogP contribution is -2.28. The summed E-state index contributed by atoms with van der Waals surface area (Å²) in [6.07, 6.45) is 0.229. The van der Waals surface area contributed by atoms with E-state index < -0.39 is 4.92 Å². The summed E-state index contributed by atoms with van der Waals surface area (Å²) in [4.78, 5) is 28.0. The van der Waals surface area contributed by atoms with E-state index in [9.17, 15) is 14.9 Å². The fourth-order valence-electron chi connectivity index (χ4n) is 2.42. The Bertz CT molecular complexity index is 745. The number of anilines is 1. The number of thiazole rings is 1. The maximum Gasteiger partial charge on any atom is 0.292 e. The molecule has 0 aliphatic carbocycles. The molecule has 2 rings (SSSR count). The van der Waals surface area contributed by atoms with Crippen molar-refractivity contribution in [2.75, 3.05) is 11.9 Å². The van der Waals surface area contributed by atoms with Crippen LogP contribution in [0.1, 0.15) is 35.0 Å². The maximum absolute atomic E-state index is 12.1. The third-order valence-corrected chi connectivity index (χ3v) is 4.73. The molecule has 0 saturated carbocycles. The van der Waals surface area contributed by atoms with Gasteiger partial charge in [0, 0.05) is 23.9 Å². The standard InChI is InChI=1S/C16H20N4O3S/c1-10-16(24-12(3)18-10)11(2)19-15(21)8-9-17-13-6-4-5-7-14(13)20(22)23/h4-7,11,17H,8-9H2,1-3H3,(H,19,21). The molecule has 0 saturated heterocycles. The van der Waals surface area contributed by atoms with E-state index >= 15 is 0 Å². The molecule has 1 unspecified atom stereocenters. The molecule has 1 amide bonds. The van der Waals surface area contributed by atoms with Crippen molar-refractivity contribution >= 4 is 28.6 Å². The van der Waals surface area contributed by atoms with Crippen LogP contribution in [0, 0.1) is 24.0 Å². The molecular weight excluding hydrogens is 328 g/mol. The molecule has 0 spiro atoms. The van der Waals surface area contributed by atoms with Crippen molar-refractivity contribution in [3.05, 3.63) is 50.0 Å². The Morgan fingerprint density at radius 2 is 2.08 bits per heavy atom. The van der Waals surface area contributed by atoms with E-state index in [0.29, 0.717) is 12.2 Å². The number of hydrogen-bond acceptors (Lipinski definition) is 6. The number of nitrogens with zero attached hydrogens (tertiary/aromatic N) is 2. The van der Waals surface area contributed by atoms with E-state index in [2.05, 4.69) is 15.6 Å². The predicted octanol–water partition coefficient (Wildman–Crippen LogP) is 3.35. The lowest BCUT2D eigenvalue weighted by Gasteiger charge is -2.13. The van der Waals surface area contributed by atoms with Gasteiger partial charge in [-0.25, -0.2) is 4.98 Å². The third kappa shape index (κ3) is 4.51. The molecule has 0 fully saturated rings. The SMILES string of the molecule is Cc1nc(C)c(C(C)NC(=O)CCNc2ccccc2[N+](=O)[O-])s1. The Balaban J connectivity index is 1.86. The molecule has 1 heterocycles. The van der Waals surface area contributed by atoms with Crippen molar-refractivity contribution in [3.8, 4) is 0 Å². The highest BCUT2D eigenvalue weighted by molar-refractivity contribution is 7.11. The number of aryl methyl sites for hydroxylation is 2. The van der Waals surface area contributed by atoms with Gasteiger partial charge in [0.05, 0.1) is 21.7 Å². The first-order valence-electron chi connectivity index (χ1n) is 7.59. The summed E-state index contributed by atoms with van der Waals surface area (Å²) in [5.41, 5.74) is 1.35. The highest BCUT2D eigenvalue weighted by atomic mass is 32.1. The molecule has 0 aliphatic heterocycles. The molecular formula is C16H20N4O3S. The zero-order chi connectivity index (χ0) is 17.7. The van der Waals surface area contributed by atoms with Gasteiger partial charge in [-0.2, -0.15) is 0 Å². The topological polar surface area (TPSA) is 97.2 Å². The van der Waals surface area contributed by atoms with Crippen molar-refractivity contribution in [1.29, 1.82) is 0 Å². The predicted molar refractivity (Wildman–Crippen MR) is 94.3 cm³/mol. The smallest absolute Gasteiger partial charge is 0.292 e. The molecule has 128 valence electrons. The number of aromatic nitrogens is 1. The number of nitrogens with one attached hydrogen (secondary N) is 2. The zero-order valence-electron chi connectivity index (χ0n) is 13.8. The van der Waals surface area contributed by atoms with E-state index in [0.717, 1.165) is 15.6 Å². The second-order valence-electron chi connectivity index (χ2n) is 5.42. The lowest BCUT2D eigenvalue weighted by molar-refractivity contribution is -0.384. The van der Waals surface area contributed by atoms with Crippen LogP contribution >= 0.6 is 11.3 Å². The number of para-hydroxylation sites is 2. The minimum atomic E-state index is -0.445. The number of benzene rings is 1. The van der Waals surface area contributed by atoms with Crippen LogP contribution in [0.25, 0.3) is 0 Å². The first kappa shape index (κ1) is 17.9. The monoisotopic (exact) mass is 348 g/mol. The van der Waals surface area contributed by atoms with Crippen LogP contribution in [0.5, 0.6) is 0 Å². The van der Waals surface area contributed by atoms with Crippen LogP contribution in [-0.4, -0.2) is 22.4 Å². The van der Waals surface area contributed by atoms with Gasteiger partial charge in [-0.3, -0.25) is 14.9 Å². The van der Waals surface area contributed by atoms with Gasteiger partial charge in [-0.15, -0.1) is 11.3 Å². The van der Waals surface area contributed by atoms with Crippen molar-refractivity contribution in [2.45, 2.75) is 33.2 Å². The normalized spacial score (nSPS) is 11.8. The summed E-state index contributed by atoms with van der Waals surface area (Å²) >= 11 is 1.57. The fraction of sp³-hybridized carbons (Fsp3) is 0.375. The summed E-state index contributed by atoms with van der Waals surface area (Å²) in [6, 6.07) is 6.28. The second kappa shape index (κ2) is 7.87. The van der Waals surface area contributed by atoms with Crippen LogP contribution in [0.15, 0.2) is 24.3 Å². The van der Waals surface area contributed by atoms with E-state index in [1.807, 2.05) is 20.8 Å². The van der Waals surface area contributed by atoms with Gasteiger partial charge in [0.25, 0.3) is 5.69 Å². The fourth-order valence-corrected chi connectivity index (χ4v) is 3.35. The van der Waals surface area contributed by atoms with Gasteiger partial charge in [0.2, 0.25) is 5.91 Å². The molecule has 0 bridgehead atoms. The molecule has 7 nitrogen and oxygen atoms in total. The van der Waals surface area contributed by atoms with Crippen LogP contribution in [0.2, 0.25) is 0 Å². The number of carbonyl (C=O) groups is 1. The summed E-state index contributed by atoms with van der Waals surface area (Å²) in [6.45, 7) is 6.11. The van der Waals surface area contributed by atoms with Crippen LogP contribution in [-0.2, 0) is 4.79 Å². The Kier molecular flexibility index (Phi) is 5.86. The first-order chi connectivity index (χ1) is 11.4. The van der Waals surface area contributed by atoms with Gasteiger partial charge in [0.15, 0.2) is 0 Å². The van der Waals surface area contributed by atoms with Crippen molar-refractivity contribution in [3.63, 3.8) is 0 Å². The van der Waals surface area contributed by atoms with Crippen LogP contribution in [0.4, 0.5) is 11.4 Å². The number of nitro benzene ring substituents is 1. The molecule has 1 aromatic carbocycles. The van der Waals surface area contributed by atoms with Gasteiger partial charge >= 0.3 is 0 Å². The van der Waals surface area contributed by atoms with Gasteiger partial charge in [0.1, 0.15) is 5.69 Å². The van der Waals surface area contributed by atoms with Gasteiger partial charge < -0.3 is 10.6 Å². The van der Waals surface area contributed by atoms with E-state index in [1.165, 1.54) is 6.07 Å². The molecule has 2 aromatic rings. The number of rotatable bonds is 7. The largest absolute Gasteiger partial charge is 0.379 e. The van der Waals surface area contributed by atoms with E-state index in [4.69, 9.17) is 0 Å². The van der Waals surface area contributed by atoms with Gasteiger partial charge in [-0.05, 0) is 26.8 Å². The molecule has 2 N–H and O–H groups in total. The second-order valence-corrected chi connectivity index (χ2v) is 6.66. The number of nitro groups is 1. The summed E-state index contributed by atoms with van der Waals surface area (Å²) in [5, 5.41) is 17.8. The van der Waals surface area contributed by atoms with Crippen molar-refractivity contribution < 1.29 is 9.72 Å². The van der Waals surface area contributed by atoms with E-state index in [1.54, 1.807) is 29.5 Å². The Morgan fingerprint density at radius 1 is 1.38 bits per heavy atom. The average molecular weight is 348 g/mol. The summed E-state index contributed by atoms with van der Waals surface area (Å²) in [5.74, 6) is -0.112. The molecule has 8 heteroatoms. The minimum absolute atomic E-state index is 0.00189. The maximum atomic E-state index is 12.1. The number of amides is 1. The Morgan fingerprint density at radius 3 is 2.71 bits per heavy atom. The highest BCUT2D eigenvalue weighted by Gasteiger charge is 2.16. The van der Waals surface area contributed by atoms with Crippen LogP contribution in [0.3, 0.4) is 0 Å². The third-order valence-electron chi connectivity index (χ3n) is 3.48. The Hall–Kier alpha value is -2.48. The summed E-state index contributed by atoms with van der Waals surface area (Å²) in [7, 11) is 0. The first-order valence-corrected chi connectivity index (χ1v) is 8.40. The number of hydrogen-bond donors (Lipinski definition) is 2. The zero-order valence-corrected chi connectivity index (χ0v) is 14.6. The molecule has 24 heavy (non-hydrogen) atoms. The van der Waals surface area contributed by atoms with E-state index in [-0.39, 0.29) is 24.1 Å². The lowest BCUT2D eigenvalue weighted by atomic mass is 10.2. The van der Waals surface area contributed by atoms with Crippen molar-refractivity contribution in [1.82, 2.24) is 10.3 Å². The summed E-state index contributed by atoms with van der Waals surface area (Å²) < 4.78 is 0. The van der Waals surface area contributed by atoms with Crippen LogP contribution < -0.4 is 10.6 Å². The van der Waals surface area contributed by atoms with Gasteiger partial charge in [-0.1, -0.05) is 12.1 Å². The highest BCUT2D eigenvalue weighted by Crippen LogP contribution is 2.25. The Labute approximate surface area is 144 Å². The molecule has 1 aromatic heterocycles. The molecule has 0 radical (unpaired) electrons. The quantitative estimate of drug-likeness (QED) is 0.591. The molecule has 0 aliphatic rings. The van der Waals surface area contributed by atoms with Crippen molar-refractivity contribution in [2.24, 2.45) is 0 Å². The number of carbonyl (C=O) groups excluding carboxylic acids is 1. The minimum Gasteiger partial charge on any atom is -0.379 e.